The van der Waals surface area contributed by atoms with E-state index < -0.39 is 0 Å². The molecule has 1 fully saturated rings. The molecule has 1 aliphatic heterocycles. The topological polar surface area (TPSA) is 57.7 Å². The van der Waals surface area contributed by atoms with Crippen LogP contribution >= 0.6 is 11.3 Å². The number of ether oxygens (including phenoxy) is 1. The number of nitrogens with zero attached hydrogens (tertiary/aromatic N) is 3. The van der Waals surface area contributed by atoms with Crippen LogP contribution in [-0.4, -0.2) is 49.0 Å². The number of nitrogens with one attached hydrogen (secondary N) is 1. The molecule has 0 unspecified atom stereocenters. The number of likely N-dealkylation sites (N-methyl/N-ethyl adjacent to an activating group) is 1. The number of anilines is 2. The van der Waals surface area contributed by atoms with E-state index >= 15 is 0 Å². The van der Waals surface area contributed by atoms with Gasteiger partial charge in [0.25, 0.3) is 5.91 Å². The van der Waals surface area contributed by atoms with Gasteiger partial charge in [0, 0.05) is 43.1 Å². The minimum Gasteiger partial charge on any atom is -0.457 e. The first-order valence-corrected chi connectivity index (χ1v) is 12.1. The Morgan fingerprint density at radius 3 is 2.26 bits per heavy atom. The molecule has 5 rings (SSSR count). The van der Waals surface area contributed by atoms with Gasteiger partial charge < -0.3 is 19.9 Å². The van der Waals surface area contributed by atoms with Gasteiger partial charge in [-0.25, -0.2) is 4.98 Å². The predicted molar refractivity (Wildman–Crippen MR) is 138 cm³/mol. The average molecular weight is 471 g/mol. The first-order chi connectivity index (χ1) is 16.6. The molecule has 0 bridgehead atoms. The molecule has 0 radical (unpaired) electrons. The number of carbonyl (C=O) groups excluding carboxylic acids is 1. The zero-order chi connectivity index (χ0) is 23.3. The van der Waals surface area contributed by atoms with Crippen LogP contribution in [0.4, 0.5) is 11.4 Å². The van der Waals surface area contributed by atoms with Gasteiger partial charge in [-0.1, -0.05) is 18.2 Å². The van der Waals surface area contributed by atoms with Gasteiger partial charge in [0.15, 0.2) is 0 Å². The standard InChI is InChI=1S/C27H26N4O2S/c1-30-15-17-31(18-16-30)22-11-7-20(8-12-22)27-28-19-25(34-27)26(32)29-21-9-13-24(14-10-21)33-23-5-3-2-4-6-23/h2-14,19H,15-18H2,1H3,(H,29,32). The molecule has 0 aliphatic carbocycles. The number of amides is 1. The lowest BCUT2D eigenvalue weighted by atomic mass is 10.2. The SMILES string of the molecule is CN1CCN(c2ccc(-c3ncc(C(=O)Nc4ccc(Oc5ccccc5)cc4)s3)cc2)CC1. The van der Waals surface area contributed by atoms with Gasteiger partial charge in [-0.05, 0) is 67.7 Å². The van der Waals surface area contributed by atoms with Crippen molar-refractivity contribution < 1.29 is 9.53 Å². The van der Waals surface area contributed by atoms with E-state index in [0.717, 1.165) is 42.5 Å². The van der Waals surface area contributed by atoms with Crippen molar-refractivity contribution in [3.8, 4) is 22.1 Å². The van der Waals surface area contributed by atoms with Crippen LogP contribution in [0.15, 0.2) is 85.1 Å². The summed E-state index contributed by atoms with van der Waals surface area (Å²) in [5, 5.41) is 3.77. The lowest BCUT2D eigenvalue weighted by Gasteiger charge is -2.34. The second-order valence-electron chi connectivity index (χ2n) is 8.26. The predicted octanol–water partition coefficient (Wildman–Crippen LogP) is 5.61. The summed E-state index contributed by atoms with van der Waals surface area (Å²) >= 11 is 1.39. The monoisotopic (exact) mass is 470 g/mol. The van der Waals surface area contributed by atoms with Crippen LogP contribution < -0.4 is 15.0 Å². The summed E-state index contributed by atoms with van der Waals surface area (Å²) in [7, 11) is 2.16. The number of hydrogen-bond donors (Lipinski definition) is 1. The van der Waals surface area contributed by atoms with E-state index in [9.17, 15) is 4.79 Å². The lowest BCUT2D eigenvalue weighted by molar-refractivity contribution is 0.103. The van der Waals surface area contributed by atoms with E-state index in [1.54, 1.807) is 6.20 Å². The number of hydrogen-bond acceptors (Lipinski definition) is 6. The molecule has 0 spiro atoms. The van der Waals surface area contributed by atoms with Crippen molar-refractivity contribution in [1.82, 2.24) is 9.88 Å². The number of piperazine rings is 1. The maximum absolute atomic E-state index is 12.7. The molecule has 1 N–H and O–H groups in total. The fraction of sp³-hybridized carbons (Fsp3) is 0.185. The third-order valence-electron chi connectivity index (χ3n) is 5.80. The Morgan fingerprint density at radius 2 is 1.56 bits per heavy atom. The molecule has 1 aromatic heterocycles. The first kappa shape index (κ1) is 22.1. The van der Waals surface area contributed by atoms with Crippen LogP contribution in [0.3, 0.4) is 0 Å². The van der Waals surface area contributed by atoms with Crippen molar-refractivity contribution in [2.24, 2.45) is 0 Å². The zero-order valence-corrected chi connectivity index (χ0v) is 19.8. The smallest absolute Gasteiger partial charge is 0.267 e. The molecular weight excluding hydrogens is 444 g/mol. The number of benzene rings is 3. The van der Waals surface area contributed by atoms with Crippen LogP contribution in [-0.2, 0) is 0 Å². The molecule has 1 amide bonds. The van der Waals surface area contributed by atoms with Gasteiger partial charge in [-0.3, -0.25) is 4.79 Å². The van der Waals surface area contributed by atoms with Crippen molar-refractivity contribution in [1.29, 1.82) is 0 Å². The molecule has 0 atom stereocenters. The van der Waals surface area contributed by atoms with Crippen LogP contribution in [0, 0.1) is 0 Å². The Bertz CT molecular complexity index is 1230. The third kappa shape index (κ3) is 5.27. The van der Waals surface area contributed by atoms with Crippen molar-refractivity contribution >= 4 is 28.6 Å². The average Bonchev–Trinajstić information content (AvgIpc) is 3.37. The summed E-state index contributed by atoms with van der Waals surface area (Å²) in [5.74, 6) is 1.31. The molecule has 0 saturated carbocycles. The number of thiazole rings is 1. The zero-order valence-electron chi connectivity index (χ0n) is 19.0. The summed E-state index contributed by atoms with van der Waals surface area (Å²) < 4.78 is 5.80. The van der Waals surface area contributed by atoms with Gasteiger partial charge in [0.05, 0.1) is 6.20 Å². The number of carbonyl (C=O) groups is 1. The molecule has 1 aliphatic rings. The van der Waals surface area contributed by atoms with Crippen molar-refractivity contribution in [3.05, 3.63) is 89.9 Å². The van der Waals surface area contributed by atoms with Crippen LogP contribution in [0.1, 0.15) is 9.67 Å². The Hall–Kier alpha value is -3.68. The van der Waals surface area contributed by atoms with Gasteiger partial charge in [0.1, 0.15) is 21.4 Å². The summed E-state index contributed by atoms with van der Waals surface area (Å²) in [6.45, 7) is 4.23. The molecule has 3 aromatic carbocycles. The highest BCUT2D eigenvalue weighted by Gasteiger charge is 2.15. The van der Waals surface area contributed by atoms with Gasteiger partial charge in [-0.2, -0.15) is 0 Å². The molecule has 34 heavy (non-hydrogen) atoms. The molecule has 2 heterocycles. The largest absolute Gasteiger partial charge is 0.457 e. The quantitative estimate of drug-likeness (QED) is 0.397. The van der Waals surface area contributed by atoms with Crippen molar-refractivity contribution in [2.45, 2.75) is 0 Å². The highest BCUT2D eigenvalue weighted by molar-refractivity contribution is 7.17. The fourth-order valence-corrected chi connectivity index (χ4v) is 4.63. The van der Waals surface area contributed by atoms with Gasteiger partial charge in [0.2, 0.25) is 0 Å². The Labute approximate surface area is 203 Å². The number of para-hydroxylation sites is 1. The van der Waals surface area contributed by atoms with E-state index in [2.05, 4.69) is 51.4 Å². The molecule has 1 saturated heterocycles. The molecule has 4 aromatic rings. The lowest BCUT2D eigenvalue weighted by Crippen LogP contribution is -2.44. The molecular formula is C27H26N4O2S. The van der Waals surface area contributed by atoms with E-state index in [4.69, 9.17) is 4.74 Å². The summed E-state index contributed by atoms with van der Waals surface area (Å²) in [6, 6.07) is 25.4. The normalized spacial score (nSPS) is 14.1. The highest BCUT2D eigenvalue weighted by Crippen LogP contribution is 2.29. The minimum absolute atomic E-state index is 0.172. The van der Waals surface area contributed by atoms with Crippen LogP contribution in [0.25, 0.3) is 10.6 Å². The summed E-state index contributed by atoms with van der Waals surface area (Å²) in [5.41, 5.74) is 2.95. The first-order valence-electron chi connectivity index (χ1n) is 11.3. The summed E-state index contributed by atoms with van der Waals surface area (Å²) in [6.07, 6.45) is 1.64. The van der Waals surface area contributed by atoms with E-state index in [1.807, 2.05) is 54.6 Å². The van der Waals surface area contributed by atoms with E-state index in [0.29, 0.717) is 16.3 Å². The van der Waals surface area contributed by atoms with E-state index in [1.165, 1.54) is 17.0 Å². The Kier molecular flexibility index (Phi) is 6.56. The second kappa shape index (κ2) is 10.1. The van der Waals surface area contributed by atoms with Crippen molar-refractivity contribution in [3.63, 3.8) is 0 Å². The maximum Gasteiger partial charge on any atom is 0.267 e. The highest BCUT2D eigenvalue weighted by atomic mass is 32.1. The third-order valence-corrected chi connectivity index (χ3v) is 6.85. The maximum atomic E-state index is 12.7. The number of rotatable bonds is 6. The number of aromatic nitrogens is 1. The van der Waals surface area contributed by atoms with Crippen LogP contribution in [0.5, 0.6) is 11.5 Å². The van der Waals surface area contributed by atoms with Crippen LogP contribution in [0.2, 0.25) is 0 Å². The van der Waals surface area contributed by atoms with Gasteiger partial charge >= 0.3 is 0 Å². The Morgan fingerprint density at radius 1 is 0.882 bits per heavy atom. The van der Waals surface area contributed by atoms with Gasteiger partial charge in [-0.15, -0.1) is 11.3 Å². The van der Waals surface area contributed by atoms with E-state index in [-0.39, 0.29) is 5.91 Å². The summed E-state index contributed by atoms with van der Waals surface area (Å²) in [4.78, 5) is 22.5. The minimum atomic E-state index is -0.172. The van der Waals surface area contributed by atoms with Crippen molar-refractivity contribution in [2.75, 3.05) is 43.4 Å². The molecule has 7 heteroatoms. The molecule has 172 valence electrons. The fourth-order valence-electron chi connectivity index (χ4n) is 3.82. The second-order valence-corrected chi connectivity index (χ2v) is 9.29. The Balaban J connectivity index is 1.20. The molecule has 6 nitrogen and oxygen atoms in total.